The highest BCUT2D eigenvalue weighted by atomic mass is 15.2. The second kappa shape index (κ2) is 7.06. The zero-order valence-corrected chi connectivity index (χ0v) is 12.7. The van der Waals surface area contributed by atoms with E-state index in [4.69, 9.17) is 5.26 Å². The van der Waals surface area contributed by atoms with Crippen LogP contribution in [-0.2, 0) is 0 Å². The molecule has 0 radical (unpaired) electrons. The van der Waals surface area contributed by atoms with Gasteiger partial charge in [0.25, 0.3) is 0 Å². The number of hydrogen-bond acceptors (Lipinski definition) is 3. The van der Waals surface area contributed by atoms with E-state index in [-0.39, 0.29) is 0 Å². The van der Waals surface area contributed by atoms with Gasteiger partial charge in [0.05, 0.1) is 11.6 Å². The Kier molecular flexibility index (Phi) is 4.90. The molecule has 112 valence electrons. The summed E-state index contributed by atoms with van der Waals surface area (Å²) >= 11 is 0. The maximum Gasteiger partial charge on any atom is 0.0991 e. The van der Waals surface area contributed by atoms with Gasteiger partial charge in [-0.05, 0) is 36.5 Å². The molecule has 1 saturated carbocycles. The van der Waals surface area contributed by atoms with Crippen molar-refractivity contribution in [3.63, 3.8) is 0 Å². The molecule has 1 heterocycles. The first kappa shape index (κ1) is 14.6. The van der Waals surface area contributed by atoms with Gasteiger partial charge in [-0.1, -0.05) is 31.4 Å². The van der Waals surface area contributed by atoms with Crippen molar-refractivity contribution in [3.8, 4) is 6.07 Å². The molecule has 1 aromatic rings. The van der Waals surface area contributed by atoms with Crippen LogP contribution >= 0.6 is 0 Å². The van der Waals surface area contributed by atoms with Crippen LogP contribution in [0.4, 0.5) is 0 Å². The summed E-state index contributed by atoms with van der Waals surface area (Å²) in [6.07, 6.45) is 6.87. The topological polar surface area (TPSA) is 39.1 Å². The smallest absolute Gasteiger partial charge is 0.0991 e. The first-order valence-corrected chi connectivity index (χ1v) is 8.33. The predicted molar refractivity (Wildman–Crippen MR) is 84.9 cm³/mol. The number of piperazine rings is 1. The summed E-state index contributed by atoms with van der Waals surface area (Å²) in [4.78, 5) is 2.66. The van der Waals surface area contributed by atoms with Crippen LogP contribution in [0.5, 0.6) is 0 Å². The largest absolute Gasteiger partial charge is 0.314 e. The Bertz CT molecular complexity index is 458. The Morgan fingerprint density at radius 3 is 2.33 bits per heavy atom. The average molecular weight is 283 g/mol. The van der Waals surface area contributed by atoms with Crippen LogP contribution in [0.2, 0.25) is 0 Å². The lowest BCUT2D eigenvalue weighted by Crippen LogP contribution is -2.47. The highest BCUT2D eigenvalue weighted by Crippen LogP contribution is 2.38. The summed E-state index contributed by atoms with van der Waals surface area (Å²) in [7, 11) is 0. The second-order valence-corrected chi connectivity index (χ2v) is 6.36. The van der Waals surface area contributed by atoms with Gasteiger partial charge in [0, 0.05) is 32.2 Å². The molecule has 2 aliphatic rings. The third-order valence-corrected chi connectivity index (χ3v) is 5.02. The van der Waals surface area contributed by atoms with E-state index in [2.05, 4.69) is 28.4 Å². The van der Waals surface area contributed by atoms with Crippen molar-refractivity contribution in [3.05, 3.63) is 35.4 Å². The quantitative estimate of drug-likeness (QED) is 0.926. The van der Waals surface area contributed by atoms with Crippen molar-refractivity contribution >= 4 is 0 Å². The lowest BCUT2D eigenvalue weighted by molar-refractivity contribution is 0.103. The molecular weight excluding hydrogens is 258 g/mol. The summed E-state index contributed by atoms with van der Waals surface area (Å²) < 4.78 is 0. The fraction of sp³-hybridized carbons (Fsp3) is 0.611. The number of benzene rings is 1. The first-order valence-electron chi connectivity index (χ1n) is 8.33. The molecule has 0 bridgehead atoms. The predicted octanol–water partition coefficient (Wildman–Crippen LogP) is 3.08. The molecule has 3 rings (SSSR count). The Balaban J connectivity index is 1.84. The van der Waals surface area contributed by atoms with Crippen LogP contribution in [0.25, 0.3) is 0 Å². The van der Waals surface area contributed by atoms with E-state index in [0.29, 0.717) is 6.04 Å². The third kappa shape index (κ3) is 3.45. The minimum absolute atomic E-state index is 0.542. The van der Waals surface area contributed by atoms with E-state index in [9.17, 15) is 0 Å². The molecule has 0 unspecified atom stereocenters. The lowest BCUT2D eigenvalue weighted by atomic mass is 9.80. The van der Waals surface area contributed by atoms with E-state index in [0.717, 1.165) is 37.7 Å². The van der Waals surface area contributed by atoms with Crippen LogP contribution in [-0.4, -0.2) is 31.1 Å². The molecule has 3 nitrogen and oxygen atoms in total. The fourth-order valence-electron chi connectivity index (χ4n) is 3.95. The molecule has 3 heteroatoms. The van der Waals surface area contributed by atoms with E-state index >= 15 is 0 Å². The van der Waals surface area contributed by atoms with Crippen LogP contribution in [0.3, 0.4) is 0 Å². The highest BCUT2D eigenvalue weighted by molar-refractivity contribution is 5.33. The molecule has 1 atom stereocenters. The molecule has 1 saturated heterocycles. The van der Waals surface area contributed by atoms with Gasteiger partial charge in [0.15, 0.2) is 0 Å². The zero-order chi connectivity index (χ0) is 14.5. The van der Waals surface area contributed by atoms with Gasteiger partial charge in [-0.15, -0.1) is 0 Å². The van der Waals surface area contributed by atoms with Crippen molar-refractivity contribution < 1.29 is 0 Å². The number of nitrogens with zero attached hydrogens (tertiary/aromatic N) is 2. The van der Waals surface area contributed by atoms with Gasteiger partial charge in [-0.2, -0.15) is 5.26 Å². The molecule has 1 aliphatic heterocycles. The molecule has 0 amide bonds. The van der Waals surface area contributed by atoms with Crippen LogP contribution in [0, 0.1) is 17.2 Å². The summed E-state index contributed by atoms with van der Waals surface area (Å²) in [5.74, 6) is 0.782. The van der Waals surface area contributed by atoms with Gasteiger partial charge in [0.2, 0.25) is 0 Å². The molecule has 2 fully saturated rings. The Hall–Kier alpha value is -1.37. The summed E-state index contributed by atoms with van der Waals surface area (Å²) in [6, 6.07) is 11.1. The summed E-state index contributed by atoms with van der Waals surface area (Å²) in [5, 5.41) is 12.5. The fourth-order valence-corrected chi connectivity index (χ4v) is 3.95. The molecule has 1 aliphatic carbocycles. The van der Waals surface area contributed by atoms with Crippen molar-refractivity contribution in [2.75, 3.05) is 26.2 Å². The normalized spacial score (nSPS) is 22.6. The van der Waals surface area contributed by atoms with Crippen molar-refractivity contribution in [2.24, 2.45) is 5.92 Å². The van der Waals surface area contributed by atoms with E-state index in [1.54, 1.807) is 0 Å². The number of rotatable bonds is 3. The number of hydrogen-bond donors (Lipinski definition) is 1. The molecule has 1 aromatic carbocycles. The average Bonchev–Trinajstić information content (AvgIpc) is 2.58. The maximum atomic E-state index is 9.00. The molecule has 0 spiro atoms. The summed E-state index contributed by atoms with van der Waals surface area (Å²) in [6.45, 7) is 4.47. The van der Waals surface area contributed by atoms with Gasteiger partial charge in [-0.25, -0.2) is 0 Å². The number of nitriles is 1. The Morgan fingerprint density at radius 1 is 1.05 bits per heavy atom. The monoisotopic (exact) mass is 283 g/mol. The van der Waals surface area contributed by atoms with Crippen molar-refractivity contribution in [1.29, 1.82) is 5.26 Å². The third-order valence-electron chi connectivity index (χ3n) is 5.02. The van der Waals surface area contributed by atoms with E-state index < -0.39 is 0 Å². The molecule has 1 N–H and O–H groups in total. The van der Waals surface area contributed by atoms with Gasteiger partial charge in [0.1, 0.15) is 0 Å². The summed E-state index contributed by atoms with van der Waals surface area (Å²) in [5.41, 5.74) is 2.17. The van der Waals surface area contributed by atoms with Crippen LogP contribution in [0.15, 0.2) is 24.3 Å². The van der Waals surface area contributed by atoms with Gasteiger partial charge < -0.3 is 5.32 Å². The molecule has 0 aromatic heterocycles. The first-order chi connectivity index (χ1) is 10.4. The van der Waals surface area contributed by atoms with E-state index in [1.807, 2.05) is 12.1 Å². The van der Waals surface area contributed by atoms with Crippen molar-refractivity contribution in [1.82, 2.24) is 10.2 Å². The number of nitrogens with one attached hydrogen (secondary N) is 1. The van der Waals surface area contributed by atoms with Crippen LogP contribution < -0.4 is 5.32 Å². The second-order valence-electron chi connectivity index (χ2n) is 6.36. The minimum atomic E-state index is 0.542. The minimum Gasteiger partial charge on any atom is -0.314 e. The molecular formula is C18H25N3. The SMILES string of the molecule is N#Cc1ccc([C@H](C2CCCCC2)N2CCNCC2)cc1. The van der Waals surface area contributed by atoms with Crippen LogP contribution in [0.1, 0.15) is 49.3 Å². The maximum absolute atomic E-state index is 9.00. The standard InChI is InChI=1S/C18H25N3/c19-14-15-6-8-17(9-7-15)18(16-4-2-1-3-5-16)21-12-10-20-11-13-21/h6-9,16,18,20H,1-5,10-13H2/t18-/m0/s1. The van der Waals surface area contributed by atoms with Gasteiger partial charge in [-0.3, -0.25) is 4.90 Å². The lowest BCUT2D eigenvalue weighted by Gasteiger charge is -2.41. The van der Waals surface area contributed by atoms with Gasteiger partial charge >= 0.3 is 0 Å². The van der Waals surface area contributed by atoms with E-state index in [1.165, 1.54) is 37.7 Å². The molecule has 21 heavy (non-hydrogen) atoms. The Morgan fingerprint density at radius 2 is 1.71 bits per heavy atom. The zero-order valence-electron chi connectivity index (χ0n) is 12.7. The van der Waals surface area contributed by atoms with Crippen molar-refractivity contribution in [2.45, 2.75) is 38.1 Å². The highest BCUT2D eigenvalue weighted by Gasteiger charge is 2.30. The Labute approximate surface area is 128 Å².